The number of anilines is 1. The molecule has 2 unspecified atom stereocenters. The van der Waals surface area contributed by atoms with Gasteiger partial charge in [-0.2, -0.15) is 5.10 Å². The van der Waals surface area contributed by atoms with Crippen molar-refractivity contribution in [3.8, 4) is 0 Å². The lowest BCUT2D eigenvalue weighted by Crippen LogP contribution is -2.36. The first-order valence-electron chi connectivity index (χ1n) is 7.29. The highest BCUT2D eigenvalue weighted by Crippen LogP contribution is 2.39. The minimum atomic E-state index is -0.0296. The molecule has 1 aromatic heterocycles. The third kappa shape index (κ3) is 2.22. The van der Waals surface area contributed by atoms with Crippen LogP contribution in [0.25, 0.3) is 0 Å². The van der Waals surface area contributed by atoms with Gasteiger partial charge in [-0.1, -0.05) is 12.8 Å². The number of nitrogens with one attached hydrogen (secondary N) is 2. The van der Waals surface area contributed by atoms with Crippen molar-refractivity contribution in [1.29, 1.82) is 0 Å². The van der Waals surface area contributed by atoms with E-state index in [0.29, 0.717) is 17.5 Å². The number of amides is 1. The lowest BCUT2D eigenvalue weighted by Gasteiger charge is -2.37. The number of carbonyl (C=O) groups is 1. The molecular formula is C14H22N4O. The average molecular weight is 262 g/mol. The topological polar surface area (TPSA) is 59.0 Å². The number of fused-ring (bicyclic) bond motifs is 3. The normalized spacial score (nSPS) is 25.4. The van der Waals surface area contributed by atoms with E-state index < -0.39 is 0 Å². The number of aromatic nitrogens is 2. The van der Waals surface area contributed by atoms with Crippen LogP contribution in [0.15, 0.2) is 6.20 Å². The lowest BCUT2D eigenvalue weighted by molar-refractivity contribution is 0.0943. The molecule has 2 aliphatic rings. The maximum Gasteiger partial charge on any atom is 0.256 e. The first-order chi connectivity index (χ1) is 9.16. The Balaban J connectivity index is 1.87. The van der Waals surface area contributed by atoms with Gasteiger partial charge in [0.1, 0.15) is 11.4 Å². The van der Waals surface area contributed by atoms with Gasteiger partial charge < -0.3 is 10.6 Å². The Bertz CT molecular complexity index is 480. The molecule has 0 spiro atoms. The highest BCUT2D eigenvalue weighted by Gasteiger charge is 2.34. The van der Waals surface area contributed by atoms with Crippen LogP contribution in [0.4, 0.5) is 5.82 Å². The second kappa shape index (κ2) is 4.87. The second-order valence-electron chi connectivity index (χ2n) is 5.97. The quantitative estimate of drug-likeness (QED) is 0.859. The van der Waals surface area contributed by atoms with Gasteiger partial charge in [-0.05, 0) is 32.6 Å². The molecular weight excluding hydrogens is 240 g/mol. The van der Waals surface area contributed by atoms with Crippen LogP contribution in [0.1, 0.15) is 55.9 Å². The molecule has 0 radical (unpaired) electrons. The lowest BCUT2D eigenvalue weighted by atomic mass is 9.83. The summed E-state index contributed by atoms with van der Waals surface area (Å²) < 4.78 is 2.04. The average Bonchev–Trinajstić information content (AvgIpc) is 2.82. The first kappa shape index (κ1) is 12.5. The third-order valence-corrected chi connectivity index (χ3v) is 4.17. The van der Waals surface area contributed by atoms with Crippen LogP contribution in [0.3, 0.4) is 0 Å². The highest BCUT2D eigenvalue weighted by molar-refractivity contribution is 5.98. The van der Waals surface area contributed by atoms with Crippen molar-refractivity contribution in [2.24, 2.45) is 5.92 Å². The van der Waals surface area contributed by atoms with Crippen molar-refractivity contribution in [2.45, 2.75) is 51.6 Å². The van der Waals surface area contributed by atoms with E-state index in [4.69, 9.17) is 0 Å². The SMILES string of the molecule is CC(C)NC(=O)c1cnn2c1NCC1CCCCC12. The predicted molar refractivity (Wildman–Crippen MR) is 74.3 cm³/mol. The van der Waals surface area contributed by atoms with Crippen LogP contribution in [0.2, 0.25) is 0 Å². The van der Waals surface area contributed by atoms with Gasteiger partial charge in [0.25, 0.3) is 5.91 Å². The summed E-state index contributed by atoms with van der Waals surface area (Å²) in [5.74, 6) is 1.54. The Morgan fingerprint density at radius 1 is 1.47 bits per heavy atom. The molecule has 1 aliphatic heterocycles. The van der Waals surface area contributed by atoms with E-state index in [1.165, 1.54) is 25.7 Å². The number of rotatable bonds is 2. The van der Waals surface area contributed by atoms with Crippen molar-refractivity contribution < 1.29 is 4.79 Å². The summed E-state index contributed by atoms with van der Waals surface area (Å²) in [5, 5.41) is 10.8. The molecule has 0 bridgehead atoms. The van der Waals surface area contributed by atoms with Gasteiger partial charge in [0, 0.05) is 12.6 Å². The van der Waals surface area contributed by atoms with Gasteiger partial charge in [-0.15, -0.1) is 0 Å². The fourth-order valence-electron chi connectivity index (χ4n) is 3.27. The number of nitrogens with zero attached hydrogens (tertiary/aromatic N) is 2. The Hall–Kier alpha value is -1.52. The summed E-state index contributed by atoms with van der Waals surface area (Å²) in [5.41, 5.74) is 0.678. The standard InChI is InChI=1S/C14H22N4O/c1-9(2)17-14(19)11-8-16-18-12-6-4-3-5-10(12)7-15-13(11)18/h8-10,12,15H,3-7H2,1-2H3,(H,17,19). The fraction of sp³-hybridized carbons (Fsp3) is 0.714. The molecule has 5 heteroatoms. The zero-order valence-electron chi connectivity index (χ0n) is 11.6. The zero-order valence-corrected chi connectivity index (χ0v) is 11.6. The van der Waals surface area contributed by atoms with Crippen LogP contribution in [0.5, 0.6) is 0 Å². The minimum Gasteiger partial charge on any atom is -0.369 e. The van der Waals surface area contributed by atoms with Crippen molar-refractivity contribution >= 4 is 11.7 Å². The fourth-order valence-corrected chi connectivity index (χ4v) is 3.27. The third-order valence-electron chi connectivity index (χ3n) is 4.17. The van der Waals surface area contributed by atoms with E-state index in [-0.39, 0.29) is 11.9 Å². The maximum atomic E-state index is 12.1. The molecule has 2 N–H and O–H groups in total. The van der Waals surface area contributed by atoms with Gasteiger partial charge in [-0.3, -0.25) is 4.79 Å². The van der Waals surface area contributed by atoms with Gasteiger partial charge in [0.15, 0.2) is 0 Å². The van der Waals surface area contributed by atoms with Gasteiger partial charge >= 0.3 is 0 Å². The van der Waals surface area contributed by atoms with E-state index in [2.05, 4.69) is 15.7 Å². The van der Waals surface area contributed by atoms with Crippen molar-refractivity contribution in [3.05, 3.63) is 11.8 Å². The Kier molecular flexibility index (Phi) is 3.21. The van der Waals surface area contributed by atoms with E-state index in [1.807, 2.05) is 18.5 Å². The second-order valence-corrected chi connectivity index (χ2v) is 5.97. The molecule has 19 heavy (non-hydrogen) atoms. The van der Waals surface area contributed by atoms with Crippen LogP contribution in [-0.4, -0.2) is 28.3 Å². The number of hydrogen-bond donors (Lipinski definition) is 2. The van der Waals surface area contributed by atoms with Crippen LogP contribution >= 0.6 is 0 Å². The molecule has 5 nitrogen and oxygen atoms in total. The molecule has 1 fully saturated rings. The summed E-state index contributed by atoms with van der Waals surface area (Å²) in [6.07, 6.45) is 6.75. The molecule has 2 atom stereocenters. The monoisotopic (exact) mass is 262 g/mol. The molecule has 1 aromatic rings. The molecule has 1 amide bonds. The van der Waals surface area contributed by atoms with Crippen LogP contribution in [-0.2, 0) is 0 Å². The Morgan fingerprint density at radius 3 is 3.05 bits per heavy atom. The highest BCUT2D eigenvalue weighted by atomic mass is 16.1. The molecule has 3 rings (SSSR count). The summed E-state index contributed by atoms with van der Waals surface area (Å²) in [7, 11) is 0. The number of hydrogen-bond acceptors (Lipinski definition) is 3. The first-order valence-corrected chi connectivity index (χ1v) is 7.29. The van der Waals surface area contributed by atoms with Crippen molar-refractivity contribution in [2.75, 3.05) is 11.9 Å². The van der Waals surface area contributed by atoms with Crippen LogP contribution < -0.4 is 10.6 Å². The predicted octanol–water partition coefficient (Wildman–Crippen LogP) is 2.18. The van der Waals surface area contributed by atoms with Crippen molar-refractivity contribution in [1.82, 2.24) is 15.1 Å². The minimum absolute atomic E-state index is 0.0296. The molecule has 0 aromatic carbocycles. The summed E-state index contributed by atoms with van der Waals surface area (Å²) in [6, 6.07) is 0.625. The van der Waals surface area contributed by atoms with Crippen LogP contribution in [0, 0.1) is 5.92 Å². The van der Waals surface area contributed by atoms with E-state index in [9.17, 15) is 4.79 Å². The molecule has 104 valence electrons. The van der Waals surface area contributed by atoms with E-state index in [1.54, 1.807) is 6.20 Å². The Labute approximate surface area is 113 Å². The molecule has 1 aliphatic carbocycles. The van der Waals surface area contributed by atoms with Gasteiger partial charge in [-0.25, -0.2) is 4.68 Å². The maximum absolute atomic E-state index is 12.1. The Morgan fingerprint density at radius 2 is 2.26 bits per heavy atom. The smallest absolute Gasteiger partial charge is 0.256 e. The van der Waals surface area contributed by atoms with E-state index >= 15 is 0 Å². The zero-order chi connectivity index (χ0) is 13.4. The molecule has 0 saturated heterocycles. The van der Waals surface area contributed by atoms with Crippen molar-refractivity contribution in [3.63, 3.8) is 0 Å². The summed E-state index contributed by atoms with van der Waals surface area (Å²) >= 11 is 0. The molecule has 2 heterocycles. The largest absolute Gasteiger partial charge is 0.369 e. The van der Waals surface area contributed by atoms with Gasteiger partial charge in [0.2, 0.25) is 0 Å². The number of carbonyl (C=O) groups excluding carboxylic acids is 1. The summed E-state index contributed by atoms with van der Waals surface area (Å²) in [4.78, 5) is 12.1. The molecule has 1 saturated carbocycles. The van der Waals surface area contributed by atoms with Gasteiger partial charge in [0.05, 0.1) is 12.2 Å². The summed E-state index contributed by atoms with van der Waals surface area (Å²) in [6.45, 7) is 4.91. The van der Waals surface area contributed by atoms with E-state index in [0.717, 1.165) is 12.4 Å².